The summed E-state index contributed by atoms with van der Waals surface area (Å²) < 4.78 is 13.3. The molecule has 3 heterocycles. The van der Waals surface area contributed by atoms with Crippen LogP contribution in [0.4, 0.5) is 0 Å². The van der Waals surface area contributed by atoms with Gasteiger partial charge >= 0.3 is 5.97 Å². The summed E-state index contributed by atoms with van der Waals surface area (Å²) in [4.78, 5) is 32.4. The SMILES string of the molecule is CCOC(=O)C1=C(C)N=c2s/c(=C\c3ccccc3OC(C)C)c(=O)n2[C@@H]1c1cccs1. The van der Waals surface area contributed by atoms with E-state index in [2.05, 4.69) is 4.99 Å². The molecule has 0 saturated heterocycles. The summed E-state index contributed by atoms with van der Waals surface area (Å²) in [5, 5.41) is 1.93. The molecule has 166 valence electrons. The number of aromatic nitrogens is 1. The molecule has 0 spiro atoms. The van der Waals surface area contributed by atoms with Crippen LogP contribution >= 0.6 is 22.7 Å². The van der Waals surface area contributed by atoms with Crippen LogP contribution in [0.2, 0.25) is 0 Å². The number of hydrogen-bond acceptors (Lipinski definition) is 7. The van der Waals surface area contributed by atoms with E-state index >= 15 is 0 Å². The number of carbonyl (C=O) groups is 1. The van der Waals surface area contributed by atoms with E-state index in [0.29, 0.717) is 26.4 Å². The third-order valence-corrected chi connectivity index (χ3v) is 6.81. The number of rotatable bonds is 6. The molecule has 1 aliphatic rings. The molecule has 0 saturated carbocycles. The monoisotopic (exact) mass is 468 g/mol. The lowest BCUT2D eigenvalue weighted by Crippen LogP contribution is -2.39. The van der Waals surface area contributed by atoms with Crippen LogP contribution in [-0.4, -0.2) is 23.2 Å². The number of fused-ring (bicyclic) bond motifs is 1. The third kappa shape index (κ3) is 4.20. The summed E-state index contributed by atoms with van der Waals surface area (Å²) in [7, 11) is 0. The van der Waals surface area contributed by atoms with Crippen molar-refractivity contribution in [1.82, 2.24) is 4.57 Å². The average Bonchev–Trinajstić information content (AvgIpc) is 3.37. The highest BCUT2D eigenvalue weighted by Crippen LogP contribution is 2.33. The van der Waals surface area contributed by atoms with Crippen molar-refractivity contribution in [3.05, 3.63) is 83.2 Å². The van der Waals surface area contributed by atoms with E-state index in [-0.39, 0.29) is 18.3 Å². The molecule has 0 amide bonds. The van der Waals surface area contributed by atoms with Gasteiger partial charge in [-0.05, 0) is 51.3 Å². The van der Waals surface area contributed by atoms with E-state index < -0.39 is 12.0 Å². The highest BCUT2D eigenvalue weighted by atomic mass is 32.1. The van der Waals surface area contributed by atoms with Crippen LogP contribution in [-0.2, 0) is 9.53 Å². The number of allylic oxidation sites excluding steroid dienone is 1. The number of hydrogen-bond donors (Lipinski definition) is 0. The van der Waals surface area contributed by atoms with Crippen molar-refractivity contribution in [1.29, 1.82) is 0 Å². The Labute approximate surface area is 193 Å². The van der Waals surface area contributed by atoms with Crippen LogP contribution in [0.15, 0.2) is 62.8 Å². The zero-order chi connectivity index (χ0) is 22.8. The van der Waals surface area contributed by atoms with Gasteiger partial charge in [0, 0.05) is 10.4 Å². The maximum Gasteiger partial charge on any atom is 0.338 e. The molecule has 1 atom stereocenters. The minimum Gasteiger partial charge on any atom is -0.490 e. The van der Waals surface area contributed by atoms with Crippen LogP contribution in [0.25, 0.3) is 6.08 Å². The maximum atomic E-state index is 13.6. The van der Waals surface area contributed by atoms with Gasteiger partial charge in [-0.3, -0.25) is 9.36 Å². The van der Waals surface area contributed by atoms with Crippen LogP contribution in [0.1, 0.15) is 44.2 Å². The van der Waals surface area contributed by atoms with Gasteiger partial charge in [0.15, 0.2) is 4.80 Å². The number of thiazole rings is 1. The number of benzene rings is 1. The van der Waals surface area contributed by atoms with E-state index in [9.17, 15) is 9.59 Å². The highest BCUT2D eigenvalue weighted by molar-refractivity contribution is 7.10. The van der Waals surface area contributed by atoms with Crippen LogP contribution in [0, 0.1) is 0 Å². The van der Waals surface area contributed by atoms with Gasteiger partial charge in [0.25, 0.3) is 5.56 Å². The smallest absolute Gasteiger partial charge is 0.338 e. The second-order valence-corrected chi connectivity index (χ2v) is 9.51. The van der Waals surface area contributed by atoms with E-state index in [1.54, 1.807) is 18.4 Å². The summed E-state index contributed by atoms with van der Waals surface area (Å²) in [6.45, 7) is 7.73. The van der Waals surface area contributed by atoms with Crippen molar-refractivity contribution in [3.63, 3.8) is 0 Å². The topological polar surface area (TPSA) is 69.9 Å². The fourth-order valence-corrected chi connectivity index (χ4v) is 5.47. The summed E-state index contributed by atoms with van der Waals surface area (Å²) in [6, 6.07) is 10.9. The zero-order valence-corrected chi connectivity index (χ0v) is 20.0. The molecule has 0 N–H and O–H groups in total. The molecule has 0 aliphatic carbocycles. The van der Waals surface area contributed by atoms with Crippen LogP contribution in [0.3, 0.4) is 0 Å². The van der Waals surface area contributed by atoms with E-state index in [1.807, 2.05) is 61.7 Å². The molecule has 3 aromatic rings. The molecule has 0 bridgehead atoms. The van der Waals surface area contributed by atoms with Crippen molar-refractivity contribution in [3.8, 4) is 5.75 Å². The first kappa shape index (κ1) is 22.2. The normalized spacial score (nSPS) is 16.2. The fourth-order valence-electron chi connectivity index (χ4n) is 3.61. The lowest BCUT2D eigenvalue weighted by atomic mass is 10.0. The van der Waals surface area contributed by atoms with Gasteiger partial charge < -0.3 is 9.47 Å². The molecule has 6 nitrogen and oxygen atoms in total. The van der Waals surface area contributed by atoms with Gasteiger partial charge in [0.2, 0.25) is 0 Å². The summed E-state index contributed by atoms with van der Waals surface area (Å²) >= 11 is 2.80. The molecule has 2 aromatic heterocycles. The number of ether oxygens (including phenoxy) is 2. The van der Waals surface area contributed by atoms with E-state index in [4.69, 9.17) is 9.47 Å². The molecular weight excluding hydrogens is 444 g/mol. The van der Waals surface area contributed by atoms with Gasteiger partial charge in [-0.1, -0.05) is 35.6 Å². The van der Waals surface area contributed by atoms with Crippen molar-refractivity contribution in [2.45, 2.75) is 39.8 Å². The quantitative estimate of drug-likeness (QED) is 0.518. The second kappa shape index (κ2) is 9.26. The molecule has 0 radical (unpaired) electrons. The zero-order valence-electron chi connectivity index (χ0n) is 18.3. The van der Waals surface area contributed by atoms with Crippen molar-refractivity contribution < 1.29 is 14.3 Å². The maximum absolute atomic E-state index is 13.6. The van der Waals surface area contributed by atoms with Crippen LogP contribution < -0.4 is 19.6 Å². The standard InChI is InChI=1S/C24H24N2O4S2/c1-5-29-23(28)20-15(4)25-24-26(21(20)18-11-8-12-31-18)22(27)19(32-24)13-16-9-6-7-10-17(16)30-14(2)3/h6-14,21H,5H2,1-4H3/b19-13-/t21-/m1/s1. The molecular formula is C24H24N2O4S2. The number of nitrogens with zero attached hydrogens (tertiary/aromatic N) is 2. The Hall–Kier alpha value is -2.97. The first-order valence-corrected chi connectivity index (χ1v) is 12.1. The van der Waals surface area contributed by atoms with Crippen LogP contribution in [0.5, 0.6) is 5.75 Å². The van der Waals surface area contributed by atoms with Gasteiger partial charge in [0.05, 0.1) is 28.5 Å². The number of carbonyl (C=O) groups excluding carboxylic acids is 1. The Morgan fingerprint density at radius 3 is 2.72 bits per heavy atom. The molecule has 0 unspecified atom stereocenters. The number of para-hydroxylation sites is 1. The Kier molecular flexibility index (Phi) is 6.43. The van der Waals surface area contributed by atoms with E-state index in [1.165, 1.54) is 22.7 Å². The Morgan fingerprint density at radius 1 is 1.25 bits per heavy atom. The lowest BCUT2D eigenvalue weighted by Gasteiger charge is -2.23. The predicted octanol–water partition coefficient (Wildman–Crippen LogP) is 3.65. The second-order valence-electron chi connectivity index (χ2n) is 7.52. The summed E-state index contributed by atoms with van der Waals surface area (Å²) in [5.74, 6) is 0.267. The number of thiophene rings is 1. The van der Waals surface area contributed by atoms with Crippen molar-refractivity contribution in [2.75, 3.05) is 6.61 Å². The van der Waals surface area contributed by atoms with Gasteiger partial charge in [-0.15, -0.1) is 11.3 Å². The van der Waals surface area contributed by atoms with Gasteiger partial charge in [0.1, 0.15) is 11.8 Å². The van der Waals surface area contributed by atoms with E-state index in [0.717, 1.165) is 10.4 Å². The van der Waals surface area contributed by atoms with Crippen molar-refractivity contribution >= 4 is 34.7 Å². The average molecular weight is 469 g/mol. The Balaban J connectivity index is 1.91. The largest absolute Gasteiger partial charge is 0.490 e. The lowest BCUT2D eigenvalue weighted by molar-refractivity contribution is -0.139. The molecule has 8 heteroatoms. The number of esters is 1. The molecule has 0 fully saturated rings. The Morgan fingerprint density at radius 2 is 2.03 bits per heavy atom. The molecule has 1 aliphatic heterocycles. The van der Waals surface area contributed by atoms with Gasteiger partial charge in [-0.2, -0.15) is 0 Å². The predicted molar refractivity (Wildman–Crippen MR) is 127 cm³/mol. The third-order valence-electron chi connectivity index (χ3n) is 4.90. The van der Waals surface area contributed by atoms with Crippen molar-refractivity contribution in [2.24, 2.45) is 4.99 Å². The molecule has 1 aromatic carbocycles. The minimum atomic E-state index is -0.561. The summed E-state index contributed by atoms with van der Waals surface area (Å²) in [5.41, 5.74) is 1.59. The summed E-state index contributed by atoms with van der Waals surface area (Å²) in [6.07, 6.45) is 1.84. The molecule has 4 rings (SSSR count). The molecule has 32 heavy (non-hydrogen) atoms. The first-order valence-electron chi connectivity index (χ1n) is 10.4. The highest BCUT2D eigenvalue weighted by Gasteiger charge is 2.33. The Bertz CT molecular complexity index is 1350. The minimum absolute atomic E-state index is 0.0133. The van der Waals surface area contributed by atoms with Gasteiger partial charge in [-0.25, -0.2) is 9.79 Å². The fraction of sp³-hybridized carbons (Fsp3) is 0.292. The first-order chi connectivity index (χ1) is 15.4.